The van der Waals surface area contributed by atoms with Gasteiger partial charge in [0.15, 0.2) is 0 Å². The van der Waals surface area contributed by atoms with E-state index in [1.807, 2.05) is 13.0 Å². The van der Waals surface area contributed by atoms with Gasteiger partial charge in [0.25, 0.3) is 0 Å². The molecule has 2 N–H and O–H groups in total. The zero-order valence-corrected chi connectivity index (χ0v) is 10.1. The third-order valence-electron chi connectivity index (χ3n) is 2.71. The van der Waals surface area contributed by atoms with E-state index in [9.17, 15) is 4.79 Å². The molecule has 0 amide bonds. The Balaban J connectivity index is 3.20. The van der Waals surface area contributed by atoms with Crippen LogP contribution in [0.15, 0.2) is 12.1 Å². The predicted octanol–water partition coefficient (Wildman–Crippen LogP) is 1.29. The van der Waals surface area contributed by atoms with Crippen LogP contribution in [-0.4, -0.2) is 13.1 Å². The largest absolute Gasteiger partial charge is 0.469 e. The van der Waals surface area contributed by atoms with Crippen LogP contribution in [0.3, 0.4) is 0 Å². The average molecular weight is 232 g/mol. The second-order valence-corrected chi connectivity index (χ2v) is 3.70. The molecule has 0 heterocycles. The van der Waals surface area contributed by atoms with Gasteiger partial charge in [0.2, 0.25) is 0 Å². The highest BCUT2D eigenvalue weighted by Crippen LogP contribution is 2.18. The molecule has 1 rings (SSSR count). The molecular weight excluding hydrogens is 216 g/mol. The van der Waals surface area contributed by atoms with Crippen LogP contribution < -0.4 is 5.73 Å². The van der Waals surface area contributed by atoms with Gasteiger partial charge in [0.1, 0.15) is 0 Å². The van der Waals surface area contributed by atoms with Gasteiger partial charge in [-0.3, -0.25) is 4.79 Å². The van der Waals surface area contributed by atoms with Gasteiger partial charge in [-0.2, -0.15) is 5.26 Å². The lowest BCUT2D eigenvalue weighted by molar-refractivity contribution is -0.139. The molecule has 17 heavy (non-hydrogen) atoms. The Labute approximate surface area is 101 Å². The topological polar surface area (TPSA) is 76.1 Å². The van der Waals surface area contributed by atoms with Crippen LogP contribution in [0.2, 0.25) is 0 Å². The SMILES string of the molecule is CCc1cc(C#N)c(CC(=O)OC)cc1CN. The van der Waals surface area contributed by atoms with E-state index in [0.29, 0.717) is 17.7 Å². The standard InChI is InChI=1S/C13H16N2O2/c1-3-9-4-12(8-15)10(5-11(9)7-14)6-13(16)17-2/h4-5H,3,6-7,14H2,1-2H3. The summed E-state index contributed by atoms with van der Waals surface area (Å²) in [5, 5.41) is 9.05. The van der Waals surface area contributed by atoms with Crippen molar-refractivity contribution >= 4 is 5.97 Å². The first-order chi connectivity index (χ1) is 8.15. The maximum atomic E-state index is 11.2. The smallest absolute Gasteiger partial charge is 0.310 e. The van der Waals surface area contributed by atoms with Crippen molar-refractivity contribution in [1.82, 2.24) is 0 Å². The van der Waals surface area contributed by atoms with Gasteiger partial charge >= 0.3 is 5.97 Å². The molecule has 0 radical (unpaired) electrons. The van der Waals surface area contributed by atoms with E-state index in [1.54, 1.807) is 6.07 Å². The number of methoxy groups -OCH3 is 1. The van der Waals surface area contributed by atoms with Gasteiger partial charge in [-0.1, -0.05) is 13.0 Å². The highest BCUT2D eigenvalue weighted by molar-refractivity contribution is 5.73. The zero-order chi connectivity index (χ0) is 12.8. The Hall–Kier alpha value is -1.86. The lowest BCUT2D eigenvalue weighted by atomic mass is 9.96. The number of nitriles is 1. The van der Waals surface area contributed by atoms with Crippen molar-refractivity contribution in [2.24, 2.45) is 5.73 Å². The molecule has 0 aliphatic carbocycles. The lowest BCUT2D eigenvalue weighted by Crippen LogP contribution is -2.09. The maximum absolute atomic E-state index is 11.2. The Morgan fingerprint density at radius 1 is 1.41 bits per heavy atom. The minimum atomic E-state index is -0.353. The van der Waals surface area contributed by atoms with Crippen LogP contribution in [0.25, 0.3) is 0 Å². The minimum Gasteiger partial charge on any atom is -0.469 e. The molecule has 90 valence electrons. The summed E-state index contributed by atoms with van der Waals surface area (Å²) in [6.07, 6.45) is 0.927. The summed E-state index contributed by atoms with van der Waals surface area (Å²) < 4.78 is 4.60. The molecule has 0 spiro atoms. The van der Waals surface area contributed by atoms with Crippen LogP contribution >= 0.6 is 0 Å². The molecule has 4 heteroatoms. The number of carbonyl (C=O) groups is 1. The molecule has 0 unspecified atom stereocenters. The number of hydrogen-bond acceptors (Lipinski definition) is 4. The monoisotopic (exact) mass is 232 g/mol. The Bertz CT molecular complexity index is 461. The van der Waals surface area contributed by atoms with Gasteiger partial charge in [0.05, 0.1) is 25.2 Å². The first kappa shape index (κ1) is 13.2. The summed E-state index contributed by atoms with van der Waals surface area (Å²) in [6, 6.07) is 5.74. The molecule has 0 aliphatic heterocycles. The highest BCUT2D eigenvalue weighted by atomic mass is 16.5. The quantitative estimate of drug-likeness (QED) is 0.794. The summed E-state index contributed by atoms with van der Waals surface area (Å²) in [5.74, 6) is -0.353. The molecule has 0 aromatic heterocycles. The Morgan fingerprint density at radius 2 is 2.12 bits per heavy atom. The van der Waals surface area contributed by atoms with E-state index in [1.165, 1.54) is 7.11 Å². The minimum absolute atomic E-state index is 0.108. The first-order valence-electron chi connectivity index (χ1n) is 5.47. The fourth-order valence-corrected chi connectivity index (χ4v) is 1.74. The van der Waals surface area contributed by atoms with E-state index in [2.05, 4.69) is 10.8 Å². The van der Waals surface area contributed by atoms with Gasteiger partial charge in [-0.05, 0) is 29.2 Å². The molecule has 0 aliphatic rings. The van der Waals surface area contributed by atoms with Crippen molar-refractivity contribution in [1.29, 1.82) is 5.26 Å². The van der Waals surface area contributed by atoms with Crippen molar-refractivity contribution in [2.45, 2.75) is 26.3 Å². The van der Waals surface area contributed by atoms with E-state index in [4.69, 9.17) is 11.0 Å². The van der Waals surface area contributed by atoms with Crippen LogP contribution in [0, 0.1) is 11.3 Å². The second-order valence-electron chi connectivity index (χ2n) is 3.70. The molecule has 1 aromatic rings. The summed E-state index contributed by atoms with van der Waals surface area (Å²) >= 11 is 0. The van der Waals surface area contributed by atoms with Crippen molar-refractivity contribution in [3.8, 4) is 6.07 Å². The molecular formula is C13H16N2O2. The van der Waals surface area contributed by atoms with Crippen LogP contribution in [0.4, 0.5) is 0 Å². The van der Waals surface area contributed by atoms with Crippen molar-refractivity contribution in [3.05, 3.63) is 34.4 Å². The summed E-state index contributed by atoms with van der Waals surface area (Å²) in [6.45, 7) is 2.42. The lowest BCUT2D eigenvalue weighted by Gasteiger charge is -2.10. The number of carbonyl (C=O) groups excluding carboxylic acids is 1. The number of ether oxygens (including phenoxy) is 1. The van der Waals surface area contributed by atoms with E-state index >= 15 is 0 Å². The molecule has 0 bridgehead atoms. The Morgan fingerprint density at radius 3 is 2.59 bits per heavy atom. The molecule has 0 atom stereocenters. The van der Waals surface area contributed by atoms with Crippen LogP contribution in [0.5, 0.6) is 0 Å². The third kappa shape index (κ3) is 3.05. The summed E-state index contributed by atoms with van der Waals surface area (Å²) in [4.78, 5) is 11.2. The fraction of sp³-hybridized carbons (Fsp3) is 0.385. The molecule has 0 saturated carbocycles. The van der Waals surface area contributed by atoms with Crippen molar-refractivity contribution in [2.75, 3.05) is 7.11 Å². The van der Waals surface area contributed by atoms with E-state index in [0.717, 1.165) is 17.5 Å². The molecule has 1 aromatic carbocycles. The summed E-state index contributed by atoms with van der Waals surface area (Å²) in [7, 11) is 1.33. The van der Waals surface area contributed by atoms with Crippen LogP contribution in [0.1, 0.15) is 29.2 Å². The fourth-order valence-electron chi connectivity index (χ4n) is 1.74. The van der Waals surface area contributed by atoms with E-state index in [-0.39, 0.29) is 12.4 Å². The van der Waals surface area contributed by atoms with Gasteiger partial charge in [0, 0.05) is 6.54 Å². The van der Waals surface area contributed by atoms with Crippen molar-refractivity contribution in [3.63, 3.8) is 0 Å². The van der Waals surface area contributed by atoms with Gasteiger partial charge < -0.3 is 10.5 Å². The second kappa shape index (κ2) is 6.02. The van der Waals surface area contributed by atoms with Gasteiger partial charge in [-0.15, -0.1) is 0 Å². The van der Waals surface area contributed by atoms with Crippen molar-refractivity contribution < 1.29 is 9.53 Å². The maximum Gasteiger partial charge on any atom is 0.310 e. The molecule has 0 fully saturated rings. The third-order valence-corrected chi connectivity index (χ3v) is 2.71. The number of rotatable bonds is 4. The Kier molecular flexibility index (Phi) is 4.68. The number of nitrogens with two attached hydrogens (primary N) is 1. The average Bonchev–Trinajstić information content (AvgIpc) is 2.37. The molecule has 0 saturated heterocycles. The van der Waals surface area contributed by atoms with Crippen LogP contribution in [-0.2, 0) is 28.9 Å². The summed E-state index contributed by atoms with van der Waals surface area (Å²) in [5.41, 5.74) is 8.88. The predicted molar refractivity (Wildman–Crippen MR) is 64.1 cm³/mol. The first-order valence-corrected chi connectivity index (χ1v) is 5.47. The number of esters is 1. The zero-order valence-electron chi connectivity index (χ0n) is 10.1. The number of benzene rings is 1. The molecule has 4 nitrogen and oxygen atoms in total. The van der Waals surface area contributed by atoms with Gasteiger partial charge in [-0.25, -0.2) is 0 Å². The normalized spacial score (nSPS) is 9.76. The van der Waals surface area contributed by atoms with E-state index < -0.39 is 0 Å². The highest BCUT2D eigenvalue weighted by Gasteiger charge is 2.11. The number of hydrogen-bond donors (Lipinski definition) is 1. The number of nitrogens with zero attached hydrogens (tertiary/aromatic N) is 1. The number of aryl methyl sites for hydroxylation is 1.